The summed E-state index contributed by atoms with van der Waals surface area (Å²) < 4.78 is 10.6. The Labute approximate surface area is 170 Å². The number of Topliss-reactive ketones (excluding diaryl/α,β-unsaturated/α-hetero) is 1. The van der Waals surface area contributed by atoms with Crippen LogP contribution < -0.4 is 5.32 Å². The van der Waals surface area contributed by atoms with Gasteiger partial charge in [-0.2, -0.15) is 0 Å². The van der Waals surface area contributed by atoms with Gasteiger partial charge >= 0.3 is 0 Å². The van der Waals surface area contributed by atoms with E-state index in [2.05, 4.69) is 10.2 Å². The summed E-state index contributed by atoms with van der Waals surface area (Å²) in [5, 5.41) is 3.01. The molecule has 2 aliphatic rings. The van der Waals surface area contributed by atoms with E-state index in [0.717, 1.165) is 51.6 Å². The van der Waals surface area contributed by atoms with Crippen LogP contribution in [0.15, 0.2) is 0 Å². The van der Waals surface area contributed by atoms with E-state index in [1.807, 2.05) is 20.8 Å². The van der Waals surface area contributed by atoms with Crippen LogP contribution in [0, 0.1) is 17.8 Å². The highest BCUT2D eigenvalue weighted by atomic mass is 16.5. The maximum atomic E-state index is 12.4. The lowest BCUT2D eigenvalue weighted by atomic mass is 9.79. The fourth-order valence-electron chi connectivity index (χ4n) is 4.48. The van der Waals surface area contributed by atoms with E-state index in [1.165, 1.54) is 0 Å². The van der Waals surface area contributed by atoms with Crippen molar-refractivity contribution < 1.29 is 19.1 Å². The van der Waals surface area contributed by atoms with Crippen LogP contribution in [0.2, 0.25) is 0 Å². The van der Waals surface area contributed by atoms with Gasteiger partial charge in [0.05, 0.1) is 19.8 Å². The van der Waals surface area contributed by atoms with E-state index in [4.69, 9.17) is 9.47 Å². The molecule has 1 aliphatic heterocycles. The topological polar surface area (TPSA) is 67.9 Å². The third kappa shape index (κ3) is 7.45. The summed E-state index contributed by atoms with van der Waals surface area (Å²) in [6.45, 7) is 11.0. The minimum absolute atomic E-state index is 0.124. The molecule has 0 aromatic rings. The van der Waals surface area contributed by atoms with Gasteiger partial charge in [-0.15, -0.1) is 0 Å². The summed E-state index contributed by atoms with van der Waals surface area (Å²) in [6, 6.07) is 0.596. The number of ether oxygens (including phenoxy) is 2. The average Bonchev–Trinajstić information content (AvgIpc) is 2.72. The van der Waals surface area contributed by atoms with Gasteiger partial charge in [0.1, 0.15) is 5.78 Å². The summed E-state index contributed by atoms with van der Waals surface area (Å²) in [6.07, 6.45) is 6.18. The van der Waals surface area contributed by atoms with Gasteiger partial charge in [0.15, 0.2) is 0 Å². The second-order valence-electron chi connectivity index (χ2n) is 8.47. The van der Waals surface area contributed by atoms with E-state index >= 15 is 0 Å². The molecule has 0 unspecified atom stereocenters. The second kappa shape index (κ2) is 12.6. The molecule has 1 amide bonds. The first-order valence-electron chi connectivity index (χ1n) is 11.2. The molecule has 162 valence electrons. The largest absolute Gasteiger partial charge is 0.379 e. The molecule has 1 aliphatic carbocycles. The Morgan fingerprint density at radius 3 is 2.18 bits per heavy atom. The monoisotopic (exact) mass is 396 g/mol. The lowest BCUT2D eigenvalue weighted by Gasteiger charge is -2.40. The molecule has 0 aromatic heterocycles. The van der Waals surface area contributed by atoms with Gasteiger partial charge in [-0.3, -0.25) is 9.59 Å². The molecule has 6 heteroatoms. The second-order valence-corrected chi connectivity index (χ2v) is 8.47. The Morgan fingerprint density at radius 2 is 1.57 bits per heavy atom. The number of carbonyl (C=O) groups excluding carboxylic acids is 2. The van der Waals surface area contributed by atoms with E-state index in [-0.39, 0.29) is 23.7 Å². The number of amides is 1. The first kappa shape index (κ1) is 23.3. The van der Waals surface area contributed by atoms with E-state index in [9.17, 15) is 9.59 Å². The molecule has 0 bridgehead atoms. The van der Waals surface area contributed by atoms with Gasteiger partial charge in [0.25, 0.3) is 0 Å². The van der Waals surface area contributed by atoms with Crippen molar-refractivity contribution in [1.29, 1.82) is 0 Å². The third-order valence-corrected chi connectivity index (χ3v) is 6.21. The SMILES string of the molecule is CCOCCOCCNC(=O)C1CCN([C@H]2CC[C@H](C(=O)C(C)C)CC2)CC1. The molecule has 0 radical (unpaired) electrons. The van der Waals surface area contributed by atoms with Crippen LogP contribution in [0.25, 0.3) is 0 Å². The number of ketones is 1. The molecule has 0 spiro atoms. The van der Waals surface area contributed by atoms with Crippen molar-refractivity contribution in [3.63, 3.8) is 0 Å². The number of likely N-dealkylation sites (tertiary alicyclic amines) is 1. The summed E-state index contributed by atoms with van der Waals surface area (Å²) in [4.78, 5) is 27.1. The number of hydrogen-bond acceptors (Lipinski definition) is 5. The Kier molecular flexibility index (Phi) is 10.4. The third-order valence-electron chi connectivity index (χ3n) is 6.21. The quantitative estimate of drug-likeness (QED) is 0.544. The number of piperidine rings is 1. The highest BCUT2D eigenvalue weighted by Crippen LogP contribution is 2.32. The standard InChI is InChI=1S/C22H40N2O4/c1-4-27-15-16-28-14-11-23-22(26)19-9-12-24(13-10-19)20-7-5-18(6-8-20)21(25)17(2)3/h17-20H,4-16H2,1-3H3,(H,23,26)/t18-,20-. The lowest BCUT2D eigenvalue weighted by molar-refractivity contribution is -0.128. The fourth-order valence-corrected chi connectivity index (χ4v) is 4.48. The van der Waals surface area contributed by atoms with Crippen molar-refractivity contribution in [2.75, 3.05) is 46.1 Å². The molecule has 28 heavy (non-hydrogen) atoms. The number of hydrogen-bond donors (Lipinski definition) is 1. The number of nitrogens with one attached hydrogen (secondary N) is 1. The van der Waals surface area contributed by atoms with Gasteiger partial charge in [-0.05, 0) is 58.5 Å². The predicted octanol–water partition coefficient (Wildman–Crippen LogP) is 2.65. The maximum absolute atomic E-state index is 12.4. The molecule has 1 heterocycles. The van der Waals surface area contributed by atoms with Crippen molar-refractivity contribution in [2.45, 2.75) is 65.3 Å². The first-order chi connectivity index (χ1) is 13.5. The van der Waals surface area contributed by atoms with Crippen molar-refractivity contribution >= 4 is 11.7 Å². The van der Waals surface area contributed by atoms with Crippen LogP contribution in [0.1, 0.15) is 59.3 Å². The van der Waals surface area contributed by atoms with Crippen molar-refractivity contribution in [1.82, 2.24) is 10.2 Å². The van der Waals surface area contributed by atoms with Gasteiger partial charge in [-0.25, -0.2) is 0 Å². The Hall–Kier alpha value is -0.980. The smallest absolute Gasteiger partial charge is 0.223 e. The van der Waals surface area contributed by atoms with Crippen LogP contribution in [0.3, 0.4) is 0 Å². The molecule has 2 fully saturated rings. The molecule has 6 nitrogen and oxygen atoms in total. The highest BCUT2D eigenvalue weighted by molar-refractivity contribution is 5.82. The fraction of sp³-hybridized carbons (Fsp3) is 0.909. The summed E-state index contributed by atoms with van der Waals surface area (Å²) in [5.41, 5.74) is 0. The van der Waals surface area contributed by atoms with Gasteiger partial charge < -0.3 is 19.7 Å². The van der Waals surface area contributed by atoms with Crippen LogP contribution in [-0.2, 0) is 19.1 Å². The minimum atomic E-state index is 0.124. The zero-order chi connectivity index (χ0) is 20.4. The van der Waals surface area contributed by atoms with Crippen LogP contribution in [0.4, 0.5) is 0 Å². The maximum Gasteiger partial charge on any atom is 0.223 e. The molecular formula is C22H40N2O4. The number of carbonyl (C=O) groups is 2. The minimum Gasteiger partial charge on any atom is -0.379 e. The molecule has 2 rings (SSSR count). The molecule has 1 saturated heterocycles. The summed E-state index contributed by atoms with van der Waals surface area (Å²) in [5.74, 6) is 1.16. The normalized spacial score (nSPS) is 24.4. The highest BCUT2D eigenvalue weighted by Gasteiger charge is 2.33. The van der Waals surface area contributed by atoms with Gasteiger partial charge in [-0.1, -0.05) is 13.8 Å². The van der Waals surface area contributed by atoms with E-state index in [0.29, 0.717) is 44.8 Å². The van der Waals surface area contributed by atoms with E-state index < -0.39 is 0 Å². The molecular weight excluding hydrogens is 356 g/mol. The number of nitrogens with zero attached hydrogens (tertiary/aromatic N) is 1. The van der Waals surface area contributed by atoms with Crippen LogP contribution in [0.5, 0.6) is 0 Å². The first-order valence-corrected chi connectivity index (χ1v) is 11.2. The Morgan fingerprint density at radius 1 is 0.929 bits per heavy atom. The summed E-state index contributed by atoms with van der Waals surface area (Å²) in [7, 11) is 0. The summed E-state index contributed by atoms with van der Waals surface area (Å²) >= 11 is 0. The van der Waals surface area contributed by atoms with Gasteiger partial charge in [0.2, 0.25) is 5.91 Å². The van der Waals surface area contributed by atoms with Crippen molar-refractivity contribution in [3.05, 3.63) is 0 Å². The Balaban J connectivity index is 1.58. The Bertz CT molecular complexity index is 467. The average molecular weight is 397 g/mol. The lowest BCUT2D eigenvalue weighted by Crippen LogP contribution is -2.46. The molecule has 0 atom stereocenters. The van der Waals surface area contributed by atoms with Crippen molar-refractivity contribution in [3.8, 4) is 0 Å². The zero-order valence-corrected chi connectivity index (χ0v) is 18.1. The predicted molar refractivity (Wildman–Crippen MR) is 110 cm³/mol. The molecule has 0 aromatic carbocycles. The zero-order valence-electron chi connectivity index (χ0n) is 18.1. The van der Waals surface area contributed by atoms with Crippen molar-refractivity contribution in [2.24, 2.45) is 17.8 Å². The van der Waals surface area contributed by atoms with Gasteiger partial charge in [0, 0.05) is 36.9 Å². The molecule has 1 N–H and O–H groups in total. The van der Waals surface area contributed by atoms with Crippen LogP contribution in [-0.4, -0.2) is 68.7 Å². The van der Waals surface area contributed by atoms with Crippen LogP contribution >= 0.6 is 0 Å². The molecule has 1 saturated carbocycles. The van der Waals surface area contributed by atoms with E-state index in [1.54, 1.807) is 0 Å². The number of rotatable bonds is 11.